The third-order valence-corrected chi connectivity index (χ3v) is 4.08. The lowest BCUT2D eigenvalue weighted by molar-refractivity contribution is -0.119. The van der Waals surface area contributed by atoms with E-state index in [1.807, 2.05) is 18.2 Å². The Balaban J connectivity index is 1.74. The summed E-state index contributed by atoms with van der Waals surface area (Å²) in [6.45, 7) is 0. The SMILES string of the molecule is COc1ccc(/C=C/C(=O)[C@]23CCC[C@@H]2O3)cc1OC. The lowest BCUT2D eigenvalue weighted by Crippen LogP contribution is -2.21. The molecule has 0 bridgehead atoms. The van der Waals surface area contributed by atoms with Gasteiger partial charge in [0.1, 0.15) is 0 Å². The number of carbonyl (C=O) groups is 1. The van der Waals surface area contributed by atoms with Gasteiger partial charge in [0.25, 0.3) is 0 Å². The summed E-state index contributed by atoms with van der Waals surface area (Å²) < 4.78 is 16.0. The number of methoxy groups -OCH3 is 2. The Morgan fingerprint density at radius 1 is 1.35 bits per heavy atom. The summed E-state index contributed by atoms with van der Waals surface area (Å²) in [5.74, 6) is 1.41. The quantitative estimate of drug-likeness (QED) is 0.611. The van der Waals surface area contributed by atoms with Crippen molar-refractivity contribution in [3.8, 4) is 11.5 Å². The Hall–Kier alpha value is -1.81. The maximum absolute atomic E-state index is 12.2. The number of hydrogen-bond donors (Lipinski definition) is 0. The molecule has 106 valence electrons. The molecule has 4 nitrogen and oxygen atoms in total. The minimum absolute atomic E-state index is 0.0785. The summed E-state index contributed by atoms with van der Waals surface area (Å²) in [6.07, 6.45) is 6.52. The predicted octanol–water partition coefficient (Wildman–Crippen LogP) is 2.61. The zero-order valence-corrected chi connectivity index (χ0v) is 11.7. The van der Waals surface area contributed by atoms with E-state index in [1.54, 1.807) is 26.4 Å². The first-order valence-electron chi connectivity index (χ1n) is 6.82. The number of ketones is 1. The Morgan fingerprint density at radius 2 is 2.15 bits per heavy atom. The molecular formula is C16H18O4. The molecule has 0 aromatic heterocycles. The second kappa shape index (κ2) is 4.94. The fourth-order valence-corrected chi connectivity index (χ4v) is 2.89. The van der Waals surface area contributed by atoms with E-state index in [0.717, 1.165) is 24.8 Å². The minimum Gasteiger partial charge on any atom is -0.493 e. The normalized spacial score (nSPS) is 27.4. The van der Waals surface area contributed by atoms with Crippen molar-refractivity contribution in [1.29, 1.82) is 0 Å². The summed E-state index contributed by atoms with van der Waals surface area (Å²) in [7, 11) is 3.19. The van der Waals surface area contributed by atoms with E-state index in [4.69, 9.17) is 14.2 Å². The van der Waals surface area contributed by atoms with Crippen LogP contribution in [0.15, 0.2) is 24.3 Å². The Kier molecular flexibility index (Phi) is 3.26. The summed E-state index contributed by atoms with van der Waals surface area (Å²) in [4.78, 5) is 12.2. The van der Waals surface area contributed by atoms with Crippen LogP contribution in [0.2, 0.25) is 0 Å². The van der Waals surface area contributed by atoms with E-state index in [2.05, 4.69) is 0 Å². The van der Waals surface area contributed by atoms with Crippen molar-refractivity contribution in [3.63, 3.8) is 0 Å². The molecule has 0 unspecified atom stereocenters. The first-order valence-corrected chi connectivity index (χ1v) is 6.82. The van der Waals surface area contributed by atoms with Crippen LogP contribution in [0.3, 0.4) is 0 Å². The highest BCUT2D eigenvalue weighted by atomic mass is 16.6. The van der Waals surface area contributed by atoms with Crippen molar-refractivity contribution in [3.05, 3.63) is 29.8 Å². The average Bonchev–Trinajstić information content (AvgIpc) is 3.06. The molecule has 0 N–H and O–H groups in total. The van der Waals surface area contributed by atoms with Crippen molar-refractivity contribution >= 4 is 11.9 Å². The molecule has 0 radical (unpaired) electrons. The second-order valence-electron chi connectivity index (χ2n) is 5.20. The van der Waals surface area contributed by atoms with Crippen molar-refractivity contribution in [2.24, 2.45) is 0 Å². The molecule has 1 saturated heterocycles. The van der Waals surface area contributed by atoms with Gasteiger partial charge in [-0.3, -0.25) is 4.79 Å². The van der Waals surface area contributed by atoms with Gasteiger partial charge in [0, 0.05) is 0 Å². The maximum Gasteiger partial charge on any atom is 0.190 e. The summed E-state index contributed by atoms with van der Waals surface area (Å²) >= 11 is 0. The van der Waals surface area contributed by atoms with Gasteiger partial charge in [-0.1, -0.05) is 12.1 Å². The maximum atomic E-state index is 12.2. The average molecular weight is 274 g/mol. The van der Waals surface area contributed by atoms with Crippen LogP contribution in [-0.4, -0.2) is 31.7 Å². The minimum atomic E-state index is -0.493. The van der Waals surface area contributed by atoms with E-state index >= 15 is 0 Å². The third kappa shape index (κ3) is 2.10. The van der Waals surface area contributed by atoms with Gasteiger partial charge in [0.15, 0.2) is 22.9 Å². The van der Waals surface area contributed by atoms with Gasteiger partial charge in [0.2, 0.25) is 0 Å². The Bertz CT molecular complexity index is 564. The zero-order valence-electron chi connectivity index (χ0n) is 11.7. The largest absolute Gasteiger partial charge is 0.493 e. The lowest BCUT2D eigenvalue weighted by atomic mass is 10.0. The number of epoxide rings is 1. The summed E-state index contributed by atoms with van der Waals surface area (Å²) in [6, 6.07) is 5.57. The number of ether oxygens (including phenoxy) is 3. The molecule has 20 heavy (non-hydrogen) atoms. The number of rotatable bonds is 5. The molecule has 1 aliphatic heterocycles. The first kappa shape index (κ1) is 13.2. The molecular weight excluding hydrogens is 256 g/mol. The first-order chi connectivity index (χ1) is 9.69. The number of carbonyl (C=O) groups excluding carboxylic acids is 1. The number of fused-ring (bicyclic) bond motifs is 1. The van der Waals surface area contributed by atoms with E-state index < -0.39 is 5.60 Å². The Labute approximate surface area is 118 Å². The van der Waals surface area contributed by atoms with Crippen LogP contribution >= 0.6 is 0 Å². The van der Waals surface area contributed by atoms with Crippen LogP contribution in [-0.2, 0) is 9.53 Å². The molecule has 2 fully saturated rings. The molecule has 1 saturated carbocycles. The van der Waals surface area contributed by atoms with Crippen LogP contribution in [0, 0.1) is 0 Å². The van der Waals surface area contributed by atoms with E-state index in [1.165, 1.54) is 0 Å². The monoisotopic (exact) mass is 274 g/mol. The molecule has 1 heterocycles. The van der Waals surface area contributed by atoms with Gasteiger partial charge >= 0.3 is 0 Å². The van der Waals surface area contributed by atoms with Crippen LogP contribution in [0.1, 0.15) is 24.8 Å². The predicted molar refractivity (Wildman–Crippen MR) is 75.0 cm³/mol. The molecule has 2 atom stereocenters. The van der Waals surface area contributed by atoms with Gasteiger partial charge < -0.3 is 14.2 Å². The van der Waals surface area contributed by atoms with Crippen LogP contribution in [0.4, 0.5) is 0 Å². The van der Waals surface area contributed by atoms with Gasteiger partial charge in [0.05, 0.1) is 20.3 Å². The molecule has 0 amide bonds. The van der Waals surface area contributed by atoms with E-state index in [0.29, 0.717) is 11.5 Å². The summed E-state index contributed by atoms with van der Waals surface area (Å²) in [5.41, 5.74) is 0.412. The molecule has 1 aliphatic carbocycles. The van der Waals surface area contributed by atoms with Crippen molar-refractivity contribution in [2.75, 3.05) is 14.2 Å². The molecule has 1 aromatic carbocycles. The van der Waals surface area contributed by atoms with Gasteiger partial charge in [-0.2, -0.15) is 0 Å². The Morgan fingerprint density at radius 3 is 2.75 bits per heavy atom. The van der Waals surface area contributed by atoms with Crippen LogP contribution in [0.25, 0.3) is 6.08 Å². The molecule has 0 spiro atoms. The highest BCUT2D eigenvalue weighted by Crippen LogP contribution is 2.50. The lowest BCUT2D eigenvalue weighted by Gasteiger charge is -2.07. The number of benzene rings is 1. The fourth-order valence-electron chi connectivity index (χ4n) is 2.89. The van der Waals surface area contributed by atoms with Crippen molar-refractivity contribution in [2.45, 2.75) is 31.0 Å². The fraction of sp³-hybridized carbons (Fsp3) is 0.438. The smallest absolute Gasteiger partial charge is 0.190 e. The van der Waals surface area contributed by atoms with Gasteiger partial charge in [-0.15, -0.1) is 0 Å². The van der Waals surface area contributed by atoms with E-state index in [9.17, 15) is 4.79 Å². The topological polar surface area (TPSA) is 48.1 Å². The van der Waals surface area contributed by atoms with Crippen LogP contribution in [0.5, 0.6) is 11.5 Å². The molecule has 1 aromatic rings. The number of hydrogen-bond acceptors (Lipinski definition) is 4. The van der Waals surface area contributed by atoms with Crippen LogP contribution < -0.4 is 9.47 Å². The summed E-state index contributed by atoms with van der Waals surface area (Å²) in [5, 5.41) is 0. The van der Waals surface area contributed by atoms with Crippen molar-refractivity contribution < 1.29 is 19.0 Å². The van der Waals surface area contributed by atoms with Crippen molar-refractivity contribution in [1.82, 2.24) is 0 Å². The zero-order chi connectivity index (χ0) is 14.2. The van der Waals surface area contributed by atoms with E-state index in [-0.39, 0.29) is 11.9 Å². The third-order valence-electron chi connectivity index (χ3n) is 4.08. The second-order valence-corrected chi connectivity index (χ2v) is 5.20. The standard InChI is InChI=1S/C16H18O4/c1-18-12-7-5-11(10-13(12)19-2)6-8-14(17)16-9-3-4-15(16)20-16/h5-8,10,15H,3-4,9H2,1-2H3/b8-6+/t15-,16+/m0/s1. The highest BCUT2D eigenvalue weighted by molar-refractivity contribution is 6.02. The molecule has 2 aliphatic rings. The molecule has 3 rings (SSSR count). The van der Waals surface area contributed by atoms with Gasteiger partial charge in [-0.25, -0.2) is 0 Å². The molecule has 4 heteroatoms. The highest BCUT2D eigenvalue weighted by Gasteiger charge is 2.63. The van der Waals surface area contributed by atoms with Gasteiger partial charge in [-0.05, 0) is 43.0 Å².